The maximum Gasteiger partial charge on any atom is 0.410 e. The molecule has 2 aromatic rings. The minimum atomic E-state index is -3.05. The molecule has 2 aliphatic heterocycles. The minimum Gasteiger partial charge on any atom is -0.444 e. The maximum absolute atomic E-state index is 14.8. The first kappa shape index (κ1) is 22.6. The number of alkyl halides is 2. The Morgan fingerprint density at radius 2 is 2.12 bits per heavy atom. The maximum atomic E-state index is 14.8. The number of hydrogen-bond donors (Lipinski definition) is 1. The van der Waals surface area contributed by atoms with Crippen molar-refractivity contribution in [3.63, 3.8) is 0 Å². The van der Waals surface area contributed by atoms with Gasteiger partial charge in [0.05, 0.1) is 18.1 Å². The number of likely N-dealkylation sites (tertiary alicyclic amines) is 1. The molecule has 1 amide bonds. The third kappa shape index (κ3) is 4.92. The van der Waals surface area contributed by atoms with Gasteiger partial charge in [0.2, 0.25) is 0 Å². The molecule has 0 saturated carbocycles. The van der Waals surface area contributed by atoms with Crippen LogP contribution in [0.1, 0.15) is 52.7 Å². The van der Waals surface area contributed by atoms with Crippen LogP contribution in [0.3, 0.4) is 0 Å². The van der Waals surface area contributed by atoms with Gasteiger partial charge in [0.25, 0.3) is 5.92 Å². The van der Waals surface area contributed by atoms with Gasteiger partial charge in [-0.25, -0.2) is 28.2 Å². The van der Waals surface area contributed by atoms with Gasteiger partial charge < -0.3 is 19.7 Å². The van der Waals surface area contributed by atoms with Crippen molar-refractivity contribution < 1.29 is 23.0 Å². The standard InChI is InChI=1S/C21H30F2N6O3/c1-20(2,3)32-19(30)28-8-7-14(21(22,23)12-28)10-24-17-15-11-27-29(18(15)26-13-25-17)16-6-4-5-9-31-16/h11,13-14,16H,4-10,12H2,1-3H3,(H,24,25,26)/t14-,16?/m1/s1. The number of nitrogens with one attached hydrogen (secondary N) is 1. The molecule has 9 nitrogen and oxygen atoms in total. The number of carbonyl (C=O) groups excluding carboxylic acids is 1. The lowest BCUT2D eigenvalue weighted by Crippen LogP contribution is -2.53. The van der Waals surface area contributed by atoms with E-state index in [9.17, 15) is 13.6 Å². The molecule has 2 saturated heterocycles. The smallest absolute Gasteiger partial charge is 0.410 e. The number of anilines is 1. The summed E-state index contributed by atoms with van der Waals surface area (Å²) in [5, 5.41) is 8.12. The van der Waals surface area contributed by atoms with E-state index in [2.05, 4.69) is 20.4 Å². The van der Waals surface area contributed by atoms with Gasteiger partial charge in [-0.2, -0.15) is 5.10 Å². The largest absolute Gasteiger partial charge is 0.444 e. The van der Waals surface area contributed by atoms with E-state index >= 15 is 0 Å². The molecule has 2 atom stereocenters. The fourth-order valence-corrected chi connectivity index (χ4v) is 4.07. The van der Waals surface area contributed by atoms with E-state index in [1.807, 2.05) is 0 Å². The van der Waals surface area contributed by atoms with Crippen LogP contribution in [0.4, 0.5) is 19.4 Å². The predicted molar refractivity (Wildman–Crippen MR) is 114 cm³/mol. The number of amides is 1. The van der Waals surface area contributed by atoms with Crippen LogP contribution in [-0.2, 0) is 9.47 Å². The molecule has 0 aromatic carbocycles. The molecule has 2 aromatic heterocycles. The Hall–Kier alpha value is -2.56. The first-order valence-electron chi connectivity index (χ1n) is 11.0. The van der Waals surface area contributed by atoms with Gasteiger partial charge in [0.1, 0.15) is 17.7 Å². The second-order valence-corrected chi connectivity index (χ2v) is 9.40. The van der Waals surface area contributed by atoms with Crippen molar-refractivity contribution in [3.05, 3.63) is 12.5 Å². The van der Waals surface area contributed by atoms with Gasteiger partial charge in [0.15, 0.2) is 11.9 Å². The van der Waals surface area contributed by atoms with Crippen LogP contribution in [-0.4, -0.2) is 68.5 Å². The van der Waals surface area contributed by atoms with Crippen molar-refractivity contribution in [3.8, 4) is 0 Å². The van der Waals surface area contributed by atoms with Crippen LogP contribution in [0.15, 0.2) is 12.5 Å². The Kier molecular flexibility index (Phi) is 6.19. The summed E-state index contributed by atoms with van der Waals surface area (Å²) in [5.74, 6) is -3.53. The Balaban J connectivity index is 1.41. The van der Waals surface area contributed by atoms with E-state index in [4.69, 9.17) is 9.47 Å². The van der Waals surface area contributed by atoms with Crippen LogP contribution in [0.25, 0.3) is 11.0 Å². The summed E-state index contributed by atoms with van der Waals surface area (Å²) < 4.78 is 42.4. The molecular formula is C21H30F2N6O3. The van der Waals surface area contributed by atoms with E-state index in [0.29, 0.717) is 23.5 Å². The number of piperidine rings is 1. The topological polar surface area (TPSA) is 94.4 Å². The number of fused-ring (bicyclic) bond motifs is 1. The monoisotopic (exact) mass is 452 g/mol. The first-order chi connectivity index (χ1) is 15.1. The van der Waals surface area contributed by atoms with E-state index < -0.39 is 30.1 Å². The zero-order chi connectivity index (χ0) is 22.9. The Morgan fingerprint density at radius 1 is 1.31 bits per heavy atom. The molecule has 4 rings (SSSR count). The summed E-state index contributed by atoms with van der Waals surface area (Å²) in [6, 6.07) is 0. The van der Waals surface area contributed by atoms with Crippen molar-refractivity contribution in [1.29, 1.82) is 0 Å². The van der Waals surface area contributed by atoms with Crippen molar-refractivity contribution in [2.24, 2.45) is 5.92 Å². The van der Waals surface area contributed by atoms with Gasteiger partial charge in [-0.15, -0.1) is 0 Å². The molecule has 32 heavy (non-hydrogen) atoms. The molecule has 0 bridgehead atoms. The number of carbonyl (C=O) groups is 1. The highest BCUT2D eigenvalue weighted by Crippen LogP contribution is 2.34. The Morgan fingerprint density at radius 3 is 2.81 bits per heavy atom. The van der Waals surface area contributed by atoms with Gasteiger partial charge >= 0.3 is 6.09 Å². The highest BCUT2D eigenvalue weighted by atomic mass is 19.3. The zero-order valence-electron chi connectivity index (χ0n) is 18.7. The van der Waals surface area contributed by atoms with Crippen LogP contribution >= 0.6 is 0 Å². The normalized spacial score (nSPS) is 23.8. The highest BCUT2D eigenvalue weighted by molar-refractivity contribution is 5.86. The van der Waals surface area contributed by atoms with Gasteiger partial charge in [-0.05, 0) is 46.5 Å². The molecule has 1 unspecified atom stereocenters. The van der Waals surface area contributed by atoms with Crippen LogP contribution in [0, 0.1) is 5.92 Å². The molecule has 0 aliphatic carbocycles. The SMILES string of the molecule is CC(C)(C)OC(=O)N1CC[C@H](CNc2ncnc3c2cnn3C2CCCCO2)C(F)(F)C1. The van der Waals surface area contributed by atoms with Crippen LogP contribution < -0.4 is 5.32 Å². The van der Waals surface area contributed by atoms with E-state index in [0.717, 1.165) is 24.2 Å². The predicted octanol–water partition coefficient (Wildman–Crippen LogP) is 3.83. The lowest BCUT2D eigenvalue weighted by Gasteiger charge is -2.38. The number of rotatable bonds is 4. The number of hydrogen-bond acceptors (Lipinski definition) is 7. The summed E-state index contributed by atoms with van der Waals surface area (Å²) in [5.41, 5.74) is -0.114. The third-order valence-corrected chi connectivity index (χ3v) is 5.73. The number of aromatic nitrogens is 4. The van der Waals surface area contributed by atoms with Crippen LogP contribution in [0.5, 0.6) is 0 Å². The summed E-state index contributed by atoms with van der Waals surface area (Å²) in [6.07, 6.45) is 5.24. The van der Waals surface area contributed by atoms with Gasteiger partial charge in [-0.3, -0.25) is 0 Å². The van der Waals surface area contributed by atoms with Crippen molar-refractivity contribution in [2.75, 3.05) is 31.6 Å². The van der Waals surface area contributed by atoms with Crippen LogP contribution in [0.2, 0.25) is 0 Å². The Bertz CT molecular complexity index is 955. The van der Waals surface area contributed by atoms with Gasteiger partial charge in [0, 0.05) is 25.6 Å². The summed E-state index contributed by atoms with van der Waals surface area (Å²) in [4.78, 5) is 21.8. The number of nitrogens with zero attached hydrogens (tertiary/aromatic N) is 5. The summed E-state index contributed by atoms with van der Waals surface area (Å²) in [6.45, 7) is 5.39. The van der Waals surface area contributed by atoms with Crippen molar-refractivity contribution in [1.82, 2.24) is 24.6 Å². The summed E-state index contributed by atoms with van der Waals surface area (Å²) >= 11 is 0. The molecule has 0 radical (unpaired) electrons. The quantitative estimate of drug-likeness (QED) is 0.753. The fourth-order valence-electron chi connectivity index (χ4n) is 4.07. The molecular weight excluding hydrogens is 422 g/mol. The fraction of sp³-hybridized carbons (Fsp3) is 0.714. The molecule has 2 aliphatic rings. The van der Waals surface area contributed by atoms with Gasteiger partial charge in [-0.1, -0.05) is 0 Å². The van der Waals surface area contributed by atoms with E-state index in [-0.39, 0.29) is 25.7 Å². The second-order valence-electron chi connectivity index (χ2n) is 9.40. The van der Waals surface area contributed by atoms with Crippen molar-refractivity contribution in [2.45, 2.75) is 64.2 Å². The molecule has 11 heteroatoms. The number of ether oxygens (including phenoxy) is 2. The highest BCUT2D eigenvalue weighted by Gasteiger charge is 2.46. The molecule has 4 heterocycles. The minimum absolute atomic E-state index is 0.0202. The van der Waals surface area contributed by atoms with E-state index in [1.54, 1.807) is 31.6 Å². The first-order valence-corrected chi connectivity index (χ1v) is 11.0. The van der Waals surface area contributed by atoms with E-state index in [1.165, 1.54) is 6.33 Å². The summed E-state index contributed by atoms with van der Waals surface area (Å²) in [7, 11) is 0. The lowest BCUT2D eigenvalue weighted by molar-refractivity contribution is -0.106. The molecule has 1 N–H and O–H groups in total. The van der Waals surface area contributed by atoms with Crippen molar-refractivity contribution >= 4 is 22.9 Å². The lowest BCUT2D eigenvalue weighted by atomic mass is 9.93. The molecule has 2 fully saturated rings. The third-order valence-electron chi connectivity index (χ3n) is 5.73. The second kappa shape index (κ2) is 8.76. The molecule has 0 spiro atoms. The zero-order valence-corrected chi connectivity index (χ0v) is 18.7. The number of halogens is 2. The average molecular weight is 453 g/mol. The average Bonchev–Trinajstić information content (AvgIpc) is 3.16. The Labute approximate surface area is 185 Å². The molecule has 176 valence electrons.